The molecule has 1 N–H and O–H groups in total. The molecule has 0 saturated carbocycles. The van der Waals surface area contributed by atoms with E-state index in [4.69, 9.17) is 5.10 Å². The summed E-state index contributed by atoms with van der Waals surface area (Å²) in [6, 6.07) is 14.2. The van der Waals surface area contributed by atoms with Gasteiger partial charge in [0.2, 0.25) is 5.91 Å². The van der Waals surface area contributed by atoms with Crippen LogP contribution < -0.4 is 10.2 Å². The van der Waals surface area contributed by atoms with E-state index in [0.29, 0.717) is 19.4 Å². The number of benzene rings is 1. The van der Waals surface area contributed by atoms with Gasteiger partial charge in [-0.15, -0.1) is 15.3 Å². The fraction of sp³-hybridized carbons (Fsp3) is 0.429. The molecule has 2 aromatic heterocycles. The van der Waals surface area contributed by atoms with Gasteiger partial charge in [0, 0.05) is 32.5 Å². The normalized spacial score (nSPS) is 15.1. The van der Waals surface area contributed by atoms with Crippen molar-refractivity contribution < 1.29 is 4.79 Å². The number of fused-ring (bicyclic) bond motifs is 1. The van der Waals surface area contributed by atoms with Crippen molar-refractivity contribution in [1.29, 1.82) is 0 Å². The third-order valence-electron chi connectivity index (χ3n) is 5.29. The lowest BCUT2D eigenvalue weighted by molar-refractivity contribution is -0.121. The van der Waals surface area contributed by atoms with Gasteiger partial charge in [-0.2, -0.15) is 4.52 Å². The number of rotatable bonds is 7. The molecule has 1 aliphatic heterocycles. The lowest BCUT2D eigenvalue weighted by Gasteiger charge is -2.15. The van der Waals surface area contributed by atoms with Gasteiger partial charge in [0.1, 0.15) is 5.82 Å². The summed E-state index contributed by atoms with van der Waals surface area (Å²) in [5.74, 6) is 1.98. The van der Waals surface area contributed by atoms with Gasteiger partial charge in [0.05, 0.1) is 0 Å². The van der Waals surface area contributed by atoms with Crippen molar-refractivity contribution in [2.24, 2.45) is 0 Å². The van der Waals surface area contributed by atoms with Gasteiger partial charge in [-0.1, -0.05) is 37.3 Å². The zero-order valence-corrected chi connectivity index (χ0v) is 16.2. The zero-order chi connectivity index (χ0) is 19.3. The minimum atomic E-state index is 0.0234. The number of aryl methyl sites for hydroxylation is 1. The Morgan fingerprint density at radius 2 is 1.89 bits per heavy atom. The highest BCUT2D eigenvalue weighted by Crippen LogP contribution is 2.18. The first-order valence-corrected chi connectivity index (χ1v) is 9.98. The van der Waals surface area contributed by atoms with E-state index < -0.39 is 0 Å². The minimum Gasteiger partial charge on any atom is -0.355 e. The number of carbonyl (C=O) groups is 1. The van der Waals surface area contributed by atoms with Gasteiger partial charge in [-0.3, -0.25) is 4.79 Å². The van der Waals surface area contributed by atoms with Crippen LogP contribution >= 0.6 is 0 Å². The number of hydrogen-bond donors (Lipinski definition) is 1. The molecule has 28 heavy (non-hydrogen) atoms. The Labute approximate surface area is 164 Å². The summed E-state index contributed by atoms with van der Waals surface area (Å²) in [6.07, 6.45) is 3.30. The van der Waals surface area contributed by atoms with Crippen LogP contribution in [0.3, 0.4) is 0 Å². The molecule has 3 heterocycles. The van der Waals surface area contributed by atoms with Crippen molar-refractivity contribution in [2.75, 3.05) is 24.5 Å². The van der Waals surface area contributed by atoms with Crippen molar-refractivity contribution in [1.82, 2.24) is 25.1 Å². The largest absolute Gasteiger partial charge is 0.355 e. The van der Waals surface area contributed by atoms with Gasteiger partial charge in [0.15, 0.2) is 11.5 Å². The number of hydrogen-bond acceptors (Lipinski definition) is 5. The van der Waals surface area contributed by atoms with Gasteiger partial charge < -0.3 is 10.2 Å². The highest BCUT2D eigenvalue weighted by molar-refractivity contribution is 5.76. The van der Waals surface area contributed by atoms with Crippen LogP contribution in [-0.4, -0.2) is 45.4 Å². The first kappa shape index (κ1) is 18.4. The van der Waals surface area contributed by atoms with Gasteiger partial charge >= 0.3 is 0 Å². The molecule has 7 heteroatoms. The van der Waals surface area contributed by atoms with Crippen molar-refractivity contribution in [3.63, 3.8) is 0 Å². The summed E-state index contributed by atoms with van der Waals surface area (Å²) >= 11 is 0. The van der Waals surface area contributed by atoms with Crippen LogP contribution in [0.4, 0.5) is 5.82 Å². The van der Waals surface area contributed by atoms with Crippen LogP contribution in [0.25, 0.3) is 5.65 Å². The molecule has 1 fully saturated rings. The third kappa shape index (κ3) is 4.13. The first-order valence-electron chi connectivity index (χ1n) is 9.98. The average molecular weight is 378 g/mol. The standard InChI is InChI=1S/C21H26N6O/c1-16(17-7-3-2-4-8-17)15-22-21(28)12-11-19-24-23-18-9-10-20(25-27(18)19)26-13-5-6-14-26/h2-4,7-10,16H,5-6,11-15H2,1H3,(H,22,28)/t16-/m0/s1. The van der Waals surface area contributed by atoms with E-state index in [9.17, 15) is 4.79 Å². The van der Waals surface area contributed by atoms with E-state index in [2.05, 4.69) is 39.5 Å². The monoisotopic (exact) mass is 378 g/mol. The Hall–Kier alpha value is -2.96. The Balaban J connectivity index is 1.34. The summed E-state index contributed by atoms with van der Waals surface area (Å²) in [6.45, 7) is 4.82. The Bertz CT molecular complexity index is 932. The molecule has 1 aromatic carbocycles. The highest BCUT2D eigenvalue weighted by atomic mass is 16.1. The minimum absolute atomic E-state index is 0.0234. The van der Waals surface area contributed by atoms with E-state index in [1.807, 2.05) is 30.3 Å². The molecule has 7 nitrogen and oxygen atoms in total. The second kappa shape index (κ2) is 8.37. The maximum absolute atomic E-state index is 12.3. The highest BCUT2D eigenvalue weighted by Gasteiger charge is 2.16. The molecule has 0 radical (unpaired) electrons. The van der Waals surface area contributed by atoms with Crippen LogP contribution in [0.15, 0.2) is 42.5 Å². The predicted octanol–water partition coefficient (Wildman–Crippen LogP) is 2.58. The summed E-state index contributed by atoms with van der Waals surface area (Å²) < 4.78 is 1.77. The quantitative estimate of drug-likeness (QED) is 0.684. The fourth-order valence-corrected chi connectivity index (χ4v) is 3.57. The van der Waals surface area contributed by atoms with E-state index in [1.165, 1.54) is 18.4 Å². The Kier molecular flexibility index (Phi) is 5.50. The summed E-state index contributed by atoms with van der Waals surface area (Å²) in [4.78, 5) is 14.6. The molecule has 146 valence electrons. The van der Waals surface area contributed by atoms with Gasteiger partial charge in [0.25, 0.3) is 0 Å². The number of carbonyl (C=O) groups excluding carboxylic acids is 1. The lowest BCUT2D eigenvalue weighted by atomic mass is 10.0. The Morgan fingerprint density at radius 3 is 2.68 bits per heavy atom. The molecule has 0 unspecified atom stereocenters. The number of aromatic nitrogens is 4. The zero-order valence-electron chi connectivity index (χ0n) is 16.2. The van der Waals surface area contributed by atoms with E-state index in [0.717, 1.165) is 30.4 Å². The maximum Gasteiger partial charge on any atom is 0.220 e. The SMILES string of the molecule is C[C@@H](CNC(=O)CCc1nnc2ccc(N3CCCC3)nn12)c1ccccc1. The molecule has 1 amide bonds. The van der Waals surface area contributed by atoms with Crippen molar-refractivity contribution >= 4 is 17.4 Å². The summed E-state index contributed by atoms with van der Waals surface area (Å²) in [7, 11) is 0. The first-order chi connectivity index (χ1) is 13.7. The van der Waals surface area contributed by atoms with E-state index >= 15 is 0 Å². The van der Waals surface area contributed by atoms with Crippen LogP contribution in [0.2, 0.25) is 0 Å². The number of nitrogens with one attached hydrogen (secondary N) is 1. The second-order valence-corrected chi connectivity index (χ2v) is 7.39. The molecule has 3 aromatic rings. The van der Waals surface area contributed by atoms with E-state index in [-0.39, 0.29) is 11.8 Å². The third-order valence-corrected chi connectivity index (χ3v) is 5.29. The molecule has 4 rings (SSSR count). The molecular weight excluding hydrogens is 352 g/mol. The number of nitrogens with zero attached hydrogens (tertiary/aromatic N) is 5. The second-order valence-electron chi connectivity index (χ2n) is 7.39. The van der Waals surface area contributed by atoms with Crippen molar-refractivity contribution in [3.8, 4) is 0 Å². The topological polar surface area (TPSA) is 75.4 Å². The number of amides is 1. The molecule has 1 atom stereocenters. The summed E-state index contributed by atoms with van der Waals surface area (Å²) in [5.41, 5.74) is 1.95. The van der Waals surface area contributed by atoms with Crippen LogP contribution in [0, 0.1) is 0 Å². The van der Waals surface area contributed by atoms with Gasteiger partial charge in [-0.25, -0.2) is 0 Å². The van der Waals surface area contributed by atoms with E-state index in [1.54, 1.807) is 4.52 Å². The smallest absolute Gasteiger partial charge is 0.220 e. The van der Waals surface area contributed by atoms with Crippen LogP contribution in [-0.2, 0) is 11.2 Å². The molecular formula is C21H26N6O. The molecule has 0 spiro atoms. The molecule has 1 aliphatic rings. The average Bonchev–Trinajstić information content (AvgIpc) is 3.40. The molecule has 0 aliphatic carbocycles. The van der Waals surface area contributed by atoms with Crippen molar-refractivity contribution in [3.05, 3.63) is 53.9 Å². The molecule has 1 saturated heterocycles. The lowest BCUT2D eigenvalue weighted by Crippen LogP contribution is -2.28. The van der Waals surface area contributed by atoms with Crippen molar-refractivity contribution in [2.45, 2.75) is 38.5 Å². The Morgan fingerprint density at radius 1 is 1.11 bits per heavy atom. The maximum atomic E-state index is 12.3. The molecule has 0 bridgehead atoms. The van der Waals surface area contributed by atoms with Crippen LogP contribution in [0.1, 0.15) is 43.5 Å². The summed E-state index contributed by atoms with van der Waals surface area (Å²) in [5, 5.41) is 16.1. The van der Waals surface area contributed by atoms with Gasteiger partial charge in [-0.05, 0) is 36.5 Å². The fourth-order valence-electron chi connectivity index (χ4n) is 3.57. The predicted molar refractivity (Wildman–Crippen MR) is 108 cm³/mol. The number of anilines is 1. The van der Waals surface area contributed by atoms with Crippen LogP contribution in [0.5, 0.6) is 0 Å².